The fourth-order valence-electron chi connectivity index (χ4n) is 4.98. The van der Waals surface area contributed by atoms with Gasteiger partial charge in [-0.3, -0.25) is 14.3 Å². The van der Waals surface area contributed by atoms with E-state index in [9.17, 15) is 35.6 Å². The molecule has 0 saturated heterocycles. The summed E-state index contributed by atoms with van der Waals surface area (Å²) < 4.78 is 87.0. The molecule has 49 heavy (non-hydrogen) atoms. The van der Waals surface area contributed by atoms with Crippen molar-refractivity contribution in [2.24, 2.45) is 0 Å². The molecule has 5 rings (SSSR count). The molecule has 5 aromatic rings. The van der Waals surface area contributed by atoms with E-state index in [4.69, 9.17) is 16.3 Å². The molecule has 0 heterocycles. The number of carbonyl (C=O) groups is 2. The molecule has 0 saturated carbocycles. The summed E-state index contributed by atoms with van der Waals surface area (Å²) >= 11 is 5.94. The Morgan fingerprint density at radius 3 is 1.96 bits per heavy atom. The summed E-state index contributed by atoms with van der Waals surface area (Å²) in [5, 5.41) is 2.71. The highest BCUT2D eigenvalue weighted by atomic mass is 35.5. The molecule has 252 valence electrons. The van der Waals surface area contributed by atoms with Gasteiger partial charge in [-0.25, -0.2) is 12.8 Å². The van der Waals surface area contributed by atoms with Crippen molar-refractivity contribution in [1.82, 2.24) is 5.32 Å². The molecule has 0 aromatic heterocycles. The smallest absolute Gasteiger partial charge is 0.416 e. The van der Waals surface area contributed by atoms with Crippen molar-refractivity contribution in [3.63, 3.8) is 0 Å². The molecule has 0 aliphatic rings. The van der Waals surface area contributed by atoms with Crippen molar-refractivity contribution in [3.8, 4) is 22.3 Å². The minimum absolute atomic E-state index is 0.0605. The second-order valence-corrected chi connectivity index (χ2v) is 12.9. The lowest BCUT2D eigenvalue weighted by Gasteiger charge is -2.21. The van der Waals surface area contributed by atoms with Gasteiger partial charge in [0.15, 0.2) is 0 Å². The summed E-state index contributed by atoms with van der Waals surface area (Å²) in [7, 11) is -2.98. The average Bonchev–Trinajstić information content (AvgIpc) is 3.09. The van der Waals surface area contributed by atoms with Gasteiger partial charge in [-0.2, -0.15) is 13.2 Å². The average molecular weight is 711 g/mol. The van der Waals surface area contributed by atoms with Crippen LogP contribution in [0.2, 0.25) is 5.02 Å². The summed E-state index contributed by atoms with van der Waals surface area (Å²) in [6.07, 6.45) is -4.85. The Labute approximate surface area is 284 Å². The van der Waals surface area contributed by atoms with E-state index in [0.717, 1.165) is 12.1 Å². The van der Waals surface area contributed by atoms with Gasteiger partial charge in [0, 0.05) is 0 Å². The third kappa shape index (κ3) is 8.45. The van der Waals surface area contributed by atoms with Gasteiger partial charge in [0.25, 0.3) is 15.9 Å². The molecule has 1 unspecified atom stereocenters. The number of sulfonamides is 1. The summed E-state index contributed by atoms with van der Waals surface area (Å²) in [5.74, 6) is -2.01. The topological polar surface area (TPSA) is 102 Å². The standard InChI is InChI=1S/C36H27ClF4N2O5S/c1-48-34(44)21-33(24-9-7-22(8-10-24)26-13-17-31(38)30(37)20-26)42-35(45)29-19-25(23-11-15-27(16-12-23)36(39,40)41)14-18-32(29)43-49(46,47)28-5-3-2-4-6-28/h2-20,33,43H,21H2,1H3,(H,42,45). The van der Waals surface area contributed by atoms with E-state index in [1.54, 1.807) is 36.4 Å². The molecule has 0 aliphatic heterocycles. The van der Waals surface area contributed by atoms with Gasteiger partial charge in [0.2, 0.25) is 0 Å². The maximum atomic E-state index is 14.0. The van der Waals surface area contributed by atoms with Gasteiger partial charge in [0.1, 0.15) is 5.82 Å². The van der Waals surface area contributed by atoms with Gasteiger partial charge in [-0.15, -0.1) is 0 Å². The lowest BCUT2D eigenvalue weighted by molar-refractivity contribution is -0.141. The molecule has 2 N–H and O–H groups in total. The number of rotatable bonds is 10. The fourth-order valence-corrected chi connectivity index (χ4v) is 6.26. The third-order valence-electron chi connectivity index (χ3n) is 7.58. The van der Waals surface area contributed by atoms with E-state index >= 15 is 0 Å². The van der Waals surface area contributed by atoms with E-state index in [1.807, 2.05) is 0 Å². The van der Waals surface area contributed by atoms with Crippen LogP contribution in [0.1, 0.15) is 33.9 Å². The van der Waals surface area contributed by atoms with Crippen LogP contribution in [0.5, 0.6) is 0 Å². The van der Waals surface area contributed by atoms with E-state index in [0.29, 0.717) is 27.8 Å². The van der Waals surface area contributed by atoms with E-state index in [2.05, 4.69) is 10.0 Å². The molecule has 0 bridgehead atoms. The van der Waals surface area contributed by atoms with Crippen LogP contribution in [0.25, 0.3) is 22.3 Å². The lowest BCUT2D eigenvalue weighted by Crippen LogP contribution is -2.31. The van der Waals surface area contributed by atoms with Crippen molar-refractivity contribution < 1.29 is 40.3 Å². The van der Waals surface area contributed by atoms with Crippen LogP contribution >= 0.6 is 11.6 Å². The van der Waals surface area contributed by atoms with Crippen LogP contribution in [-0.4, -0.2) is 27.4 Å². The van der Waals surface area contributed by atoms with E-state index in [1.165, 1.54) is 73.8 Å². The second-order valence-electron chi connectivity index (χ2n) is 10.8. The maximum Gasteiger partial charge on any atom is 0.416 e. The van der Waals surface area contributed by atoms with Crippen LogP contribution in [0.15, 0.2) is 120 Å². The number of nitrogens with one attached hydrogen (secondary N) is 2. The van der Waals surface area contributed by atoms with Crippen LogP contribution in [0.4, 0.5) is 23.2 Å². The van der Waals surface area contributed by atoms with Crippen molar-refractivity contribution in [2.45, 2.75) is 23.5 Å². The SMILES string of the molecule is COC(=O)CC(NC(=O)c1cc(-c2ccc(C(F)(F)F)cc2)ccc1NS(=O)(=O)c1ccccc1)c1ccc(-c2ccc(F)c(Cl)c2)cc1. The molecule has 0 spiro atoms. The highest BCUT2D eigenvalue weighted by molar-refractivity contribution is 7.92. The Balaban J connectivity index is 1.52. The molecule has 1 amide bonds. The lowest BCUT2D eigenvalue weighted by atomic mass is 9.97. The predicted molar refractivity (Wildman–Crippen MR) is 178 cm³/mol. The van der Waals surface area contributed by atoms with E-state index in [-0.39, 0.29) is 27.6 Å². The van der Waals surface area contributed by atoms with Crippen molar-refractivity contribution in [1.29, 1.82) is 0 Å². The minimum Gasteiger partial charge on any atom is -0.469 e. The van der Waals surface area contributed by atoms with Crippen molar-refractivity contribution >= 4 is 39.2 Å². The highest BCUT2D eigenvalue weighted by Gasteiger charge is 2.30. The maximum absolute atomic E-state index is 14.0. The van der Waals surface area contributed by atoms with Crippen molar-refractivity contribution in [3.05, 3.63) is 143 Å². The quantitative estimate of drug-likeness (QED) is 0.112. The number of amides is 1. The number of hydrogen-bond donors (Lipinski definition) is 2. The van der Waals surface area contributed by atoms with Gasteiger partial charge >= 0.3 is 12.1 Å². The molecular formula is C36H27ClF4N2O5S. The summed E-state index contributed by atoms with van der Waals surface area (Å²) in [4.78, 5) is 26.3. The number of ether oxygens (including phenoxy) is 1. The Kier molecular flexibility index (Phi) is 10.4. The Morgan fingerprint density at radius 2 is 1.37 bits per heavy atom. The Morgan fingerprint density at radius 1 is 0.796 bits per heavy atom. The minimum atomic E-state index is -4.55. The first-order valence-corrected chi connectivity index (χ1v) is 16.4. The summed E-state index contributed by atoms with van der Waals surface area (Å²) in [6.45, 7) is 0. The molecule has 0 fully saturated rings. The number of anilines is 1. The highest BCUT2D eigenvalue weighted by Crippen LogP contribution is 2.33. The van der Waals surface area contributed by atoms with Crippen LogP contribution in [-0.2, 0) is 25.7 Å². The number of alkyl halides is 3. The second kappa shape index (κ2) is 14.5. The van der Waals surface area contributed by atoms with Gasteiger partial charge < -0.3 is 10.1 Å². The Hall–Kier alpha value is -5.20. The fraction of sp³-hybridized carbons (Fsp3) is 0.111. The number of carbonyl (C=O) groups excluding carboxylic acids is 2. The van der Waals surface area contributed by atoms with Crippen molar-refractivity contribution in [2.75, 3.05) is 11.8 Å². The molecule has 0 aliphatic carbocycles. The number of esters is 1. The monoisotopic (exact) mass is 710 g/mol. The molecule has 5 aromatic carbocycles. The van der Waals surface area contributed by atoms with Crippen LogP contribution in [0, 0.1) is 5.82 Å². The number of methoxy groups -OCH3 is 1. The zero-order valence-corrected chi connectivity index (χ0v) is 27.2. The summed E-state index contributed by atoms with van der Waals surface area (Å²) in [6, 6.07) is 25.8. The molecular weight excluding hydrogens is 684 g/mol. The van der Waals surface area contributed by atoms with Crippen LogP contribution < -0.4 is 10.0 Å². The van der Waals surface area contributed by atoms with Gasteiger partial charge in [-0.05, 0) is 76.3 Å². The number of halogens is 5. The molecule has 13 heteroatoms. The zero-order valence-electron chi connectivity index (χ0n) is 25.6. The Bertz CT molecular complexity index is 2090. The normalized spacial score (nSPS) is 12.2. The largest absolute Gasteiger partial charge is 0.469 e. The zero-order chi connectivity index (χ0) is 35.3. The van der Waals surface area contributed by atoms with Crippen LogP contribution in [0.3, 0.4) is 0 Å². The predicted octanol–water partition coefficient (Wildman–Crippen LogP) is 8.67. The number of benzene rings is 5. The van der Waals surface area contributed by atoms with E-state index < -0.39 is 45.5 Å². The van der Waals surface area contributed by atoms with Gasteiger partial charge in [-0.1, -0.05) is 78.3 Å². The number of hydrogen-bond acceptors (Lipinski definition) is 5. The van der Waals surface area contributed by atoms with Gasteiger partial charge in [0.05, 0.1) is 46.3 Å². The molecule has 7 nitrogen and oxygen atoms in total. The first-order chi connectivity index (χ1) is 23.2. The first kappa shape index (κ1) is 35.1. The summed E-state index contributed by atoms with van der Waals surface area (Å²) in [5.41, 5.74) is 1.32. The first-order valence-electron chi connectivity index (χ1n) is 14.6. The third-order valence-corrected chi connectivity index (χ3v) is 9.25. The molecule has 1 atom stereocenters. The molecule has 0 radical (unpaired) electrons.